The normalized spacial score (nSPS) is 12.7. The van der Waals surface area contributed by atoms with E-state index in [9.17, 15) is 9.90 Å². The molecule has 0 saturated carbocycles. The second-order valence-corrected chi connectivity index (χ2v) is 5.48. The summed E-state index contributed by atoms with van der Waals surface area (Å²) in [7, 11) is 2.90. The van der Waals surface area contributed by atoms with Gasteiger partial charge in [-0.15, -0.1) is 0 Å². The SMILES string of the molecule is COCC#C/C(=C/C#CC(OC)(C(=O)O)c1ccccc1)c1ccccc1. The highest BCUT2D eigenvalue weighted by atomic mass is 16.5. The summed E-state index contributed by atoms with van der Waals surface area (Å²) < 4.78 is 10.3. The molecule has 0 aliphatic carbocycles. The number of methoxy groups -OCH3 is 2. The topological polar surface area (TPSA) is 55.8 Å². The van der Waals surface area contributed by atoms with Gasteiger partial charge in [-0.25, -0.2) is 4.79 Å². The first-order valence-electron chi connectivity index (χ1n) is 8.24. The molecular weight excluding hydrogens is 340 g/mol. The molecule has 4 nitrogen and oxygen atoms in total. The molecule has 27 heavy (non-hydrogen) atoms. The molecule has 2 aromatic carbocycles. The Morgan fingerprint density at radius 1 is 1.07 bits per heavy atom. The molecule has 0 fully saturated rings. The van der Waals surface area contributed by atoms with Gasteiger partial charge in [-0.1, -0.05) is 78.4 Å². The fourth-order valence-electron chi connectivity index (χ4n) is 2.40. The summed E-state index contributed by atoms with van der Waals surface area (Å²) in [6.45, 7) is 0.290. The number of rotatable bonds is 5. The molecule has 136 valence electrons. The van der Waals surface area contributed by atoms with Crippen molar-refractivity contribution in [1.82, 2.24) is 0 Å². The molecule has 0 amide bonds. The van der Waals surface area contributed by atoms with Crippen molar-refractivity contribution in [3.05, 3.63) is 77.9 Å². The maximum Gasteiger partial charge on any atom is 0.353 e. The highest BCUT2D eigenvalue weighted by molar-refractivity contribution is 5.85. The third kappa shape index (κ3) is 5.09. The number of carboxylic acid groups (broad SMARTS) is 1. The molecule has 1 atom stereocenters. The summed E-state index contributed by atoms with van der Waals surface area (Å²) in [5, 5.41) is 9.74. The highest BCUT2D eigenvalue weighted by Gasteiger charge is 2.39. The van der Waals surface area contributed by atoms with Crippen molar-refractivity contribution in [3.63, 3.8) is 0 Å². The van der Waals surface area contributed by atoms with E-state index < -0.39 is 11.6 Å². The lowest BCUT2D eigenvalue weighted by molar-refractivity contribution is -0.156. The Morgan fingerprint density at radius 3 is 2.26 bits per heavy atom. The number of hydrogen-bond acceptors (Lipinski definition) is 3. The number of carbonyl (C=O) groups is 1. The number of allylic oxidation sites excluding steroid dienone is 2. The number of ether oxygens (including phenoxy) is 2. The van der Waals surface area contributed by atoms with Crippen LogP contribution in [0.4, 0.5) is 0 Å². The van der Waals surface area contributed by atoms with Crippen molar-refractivity contribution >= 4 is 11.5 Å². The molecule has 4 heteroatoms. The van der Waals surface area contributed by atoms with E-state index >= 15 is 0 Å². The van der Waals surface area contributed by atoms with E-state index in [1.54, 1.807) is 43.5 Å². The maximum atomic E-state index is 11.9. The van der Waals surface area contributed by atoms with Crippen molar-refractivity contribution in [2.24, 2.45) is 0 Å². The Labute approximate surface area is 159 Å². The predicted octanol–water partition coefficient (Wildman–Crippen LogP) is 3.35. The lowest BCUT2D eigenvalue weighted by Gasteiger charge is -2.22. The van der Waals surface area contributed by atoms with Crippen molar-refractivity contribution in [2.75, 3.05) is 20.8 Å². The van der Waals surface area contributed by atoms with E-state index in [1.165, 1.54) is 7.11 Å². The average Bonchev–Trinajstić information content (AvgIpc) is 2.71. The molecule has 0 radical (unpaired) electrons. The van der Waals surface area contributed by atoms with Crippen LogP contribution in [0.15, 0.2) is 66.7 Å². The number of carboxylic acids is 1. The quantitative estimate of drug-likeness (QED) is 0.831. The Morgan fingerprint density at radius 2 is 1.70 bits per heavy atom. The summed E-state index contributed by atoms with van der Waals surface area (Å²) in [4.78, 5) is 11.9. The van der Waals surface area contributed by atoms with Crippen LogP contribution >= 0.6 is 0 Å². The monoisotopic (exact) mass is 360 g/mol. The van der Waals surface area contributed by atoms with Gasteiger partial charge in [-0.05, 0) is 11.5 Å². The van der Waals surface area contributed by atoms with Gasteiger partial charge in [0, 0.05) is 31.4 Å². The largest absolute Gasteiger partial charge is 0.478 e. The van der Waals surface area contributed by atoms with Crippen LogP contribution in [0.5, 0.6) is 0 Å². The lowest BCUT2D eigenvalue weighted by atomic mass is 9.94. The van der Waals surface area contributed by atoms with Crippen LogP contribution < -0.4 is 0 Å². The number of aliphatic carboxylic acids is 1. The fourth-order valence-corrected chi connectivity index (χ4v) is 2.40. The zero-order valence-electron chi connectivity index (χ0n) is 15.2. The second kappa shape index (κ2) is 9.99. The molecule has 0 aliphatic rings. The molecule has 0 spiro atoms. The van der Waals surface area contributed by atoms with E-state index in [0.29, 0.717) is 17.7 Å². The van der Waals surface area contributed by atoms with Crippen molar-refractivity contribution in [1.29, 1.82) is 0 Å². The van der Waals surface area contributed by atoms with Gasteiger partial charge in [0.25, 0.3) is 5.60 Å². The minimum atomic E-state index is -1.75. The molecule has 1 N–H and O–H groups in total. The zero-order valence-corrected chi connectivity index (χ0v) is 15.2. The molecule has 0 aromatic heterocycles. The third-order valence-electron chi connectivity index (χ3n) is 3.78. The predicted molar refractivity (Wildman–Crippen MR) is 105 cm³/mol. The fraction of sp³-hybridized carbons (Fsp3) is 0.174. The summed E-state index contributed by atoms with van der Waals surface area (Å²) >= 11 is 0. The first kappa shape index (κ1) is 20.0. The molecule has 0 saturated heterocycles. The van der Waals surface area contributed by atoms with E-state index in [4.69, 9.17) is 9.47 Å². The van der Waals surface area contributed by atoms with E-state index in [0.717, 1.165) is 5.56 Å². The van der Waals surface area contributed by atoms with Crippen LogP contribution in [0.2, 0.25) is 0 Å². The Kier molecular flexibility index (Phi) is 7.40. The van der Waals surface area contributed by atoms with Crippen molar-refractivity contribution < 1.29 is 19.4 Å². The third-order valence-corrected chi connectivity index (χ3v) is 3.78. The van der Waals surface area contributed by atoms with E-state index in [1.807, 2.05) is 30.3 Å². The minimum Gasteiger partial charge on any atom is -0.478 e. The standard InChI is InChI=1S/C23H20O4/c1-26-18-10-14-20(19-11-5-3-6-12-19)13-9-17-23(27-2,22(24)25)21-15-7-4-8-16-21/h3-8,11-13,15-16H,18H2,1-2H3,(H,24,25)/b20-13-. The highest BCUT2D eigenvalue weighted by Crippen LogP contribution is 2.25. The zero-order chi connectivity index (χ0) is 19.5. The van der Waals surface area contributed by atoms with Crippen molar-refractivity contribution in [3.8, 4) is 23.7 Å². The van der Waals surface area contributed by atoms with Crippen LogP contribution in [0, 0.1) is 23.7 Å². The molecule has 2 rings (SSSR count). The molecule has 0 aliphatic heterocycles. The van der Waals surface area contributed by atoms with Gasteiger partial charge in [-0.3, -0.25) is 0 Å². The Bertz CT molecular complexity index is 909. The van der Waals surface area contributed by atoms with Gasteiger partial charge in [0.2, 0.25) is 0 Å². The van der Waals surface area contributed by atoms with E-state index in [2.05, 4.69) is 23.7 Å². The Balaban J connectivity index is 2.48. The van der Waals surface area contributed by atoms with Gasteiger partial charge in [-0.2, -0.15) is 0 Å². The molecule has 0 heterocycles. The van der Waals surface area contributed by atoms with E-state index in [-0.39, 0.29) is 0 Å². The minimum absolute atomic E-state index is 0.290. The Hall–Kier alpha value is -3.31. The van der Waals surface area contributed by atoms with Crippen LogP contribution in [0.25, 0.3) is 5.57 Å². The number of benzene rings is 2. The van der Waals surface area contributed by atoms with Crippen molar-refractivity contribution in [2.45, 2.75) is 5.60 Å². The molecular formula is C23H20O4. The van der Waals surface area contributed by atoms with Crippen LogP contribution in [0.3, 0.4) is 0 Å². The van der Waals surface area contributed by atoms with Gasteiger partial charge < -0.3 is 14.6 Å². The van der Waals surface area contributed by atoms with Gasteiger partial charge in [0.05, 0.1) is 0 Å². The van der Waals surface area contributed by atoms with Crippen LogP contribution in [-0.2, 0) is 19.9 Å². The average molecular weight is 360 g/mol. The van der Waals surface area contributed by atoms with Gasteiger partial charge in [0.1, 0.15) is 6.61 Å². The summed E-state index contributed by atoms with van der Waals surface area (Å²) in [6, 6.07) is 18.2. The number of hydrogen-bond donors (Lipinski definition) is 1. The molecule has 0 bridgehead atoms. The van der Waals surface area contributed by atoms with Crippen LogP contribution in [-0.4, -0.2) is 31.9 Å². The maximum absolute atomic E-state index is 11.9. The van der Waals surface area contributed by atoms with Crippen LogP contribution in [0.1, 0.15) is 11.1 Å². The lowest BCUT2D eigenvalue weighted by Crippen LogP contribution is -2.36. The molecule has 2 aromatic rings. The smallest absolute Gasteiger partial charge is 0.353 e. The summed E-state index contributed by atoms with van der Waals surface area (Å²) in [5.41, 5.74) is 0.254. The summed E-state index contributed by atoms with van der Waals surface area (Å²) in [5.74, 6) is 10.3. The molecule has 1 unspecified atom stereocenters. The van der Waals surface area contributed by atoms with Gasteiger partial charge >= 0.3 is 5.97 Å². The first-order valence-corrected chi connectivity index (χ1v) is 8.24. The van der Waals surface area contributed by atoms with Gasteiger partial charge in [0.15, 0.2) is 0 Å². The summed E-state index contributed by atoms with van der Waals surface area (Å²) in [6.07, 6.45) is 1.59. The first-order chi connectivity index (χ1) is 13.1. The second-order valence-electron chi connectivity index (χ2n) is 5.48.